The molecule has 3 heteroatoms. The predicted molar refractivity (Wildman–Crippen MR) is 89.2 cm³/mol. The van der Waals surface area contributed by atoms with Crippen LogP contribution in [0, 0.1) is 27.7 Å². The fourth-order valence-electron chi connectivity index (χ4n) is 3.74. The molecule has 0 aromatic heterocycles. The molecule has 1 amide bonds. The Balaban J connectivity index is 2.18. The van der Waals surface area contributed by atoms with Gasteiger partial charge in [-0.05, 0) is 75.6 Å². The number of phenolic OH excluding ortho intramolecular Hbond substituents is 1. The number of carbonyl (C=O) groups is 1. The summed E-state index contributed by atoms with van der Waals surface area (Å²) < 4.78 is 0. The molecule has 1 N–H and O–H groups in total. The van der Waals surface area contributed by atoms with Crippen LogP contribution in [0.5, 0.6) is 5.75 Å². The van der Waals surface area contributed by atoms with Crippen molar-refractivity contribution in [3.8, 4) is 5.75 Å². The van der Waals surface area contributed by atoms with Crippen LogP contribution >= 0.6 is 0 Å². The van der Waals surface area contributed by atoms with E-state index in [4.69, 9.17) is 0 Å². The molecule has 3 rings (SSSR count). The first-order valence-electron chi connectivity index (χ1n) is 7.91. The molecule has 0 saturated heterocycles. The molecule has 116 valence electrons. The van der Waals surface area contributed by atoms with Gasteiger partial charge in [0.15, 0.2) is 0 Å². The molecule has 0 atom stereocenters. The number of aromatic hydroxyl groups is 1. The fraction of sp³-hybridized carbons (Fsp3) is 0.421. The van der Waals surface area contributed by atoms with E-state index in [0.717, 1.165) is 70.5 Å². The number of phenols is 1. The van der Waals surface area contributed by atoms with Gasteiger partial charge in [0.25, 0.3) is 5.91 Å². The van der Waals surface area contributed by atoms with Crippen molar-refractivity contribution in [1.82, 2.24) is 0 Å². The van der Waals surface area contributed by atoms with Crippen molar-refractivity contribution in [3.63, 3.8) is 0 Å². The highest BCUT2D eigenvalue weighted by Crippen LogP contribution is 2.45. The molecular weight excluding hydrogens is 274 g/mol. The first kappa shape index (κ1) is 14.9. The number of carbonyl (C=O) groups excluding carboxylic acids is 1. The van der Waals surface area contributed by atoms with Gasteiger partial charge in [-0.1, -0.05) is 6.58 Å². The minimum absolute atomic E-state index is 0.0496. The van der Waals surface area contributed by atoms with Crippen LogP contribution in [0.15, 0.2) is 23.4 Å². The lowest BCUT2D eigenvalue weighted by Crippen LogP contribution is -2.27. The SMILES string of the molecule is C=C1C2=C(CCCC2)C(=O)N1c1c(C)c(C)c(C)c(O)c1C. The molecule has 0 bridgehead atoms. The average Bonchev–Trinajstić information content (AvgIpc) is 2.77. The van der Waals surface area contributed by atoms with E-state index in [1.54, 1.807) is 4.90 Å². The molecule has 3 nitrogen and oxygen atoms in total. The van der Waals surface area contributed by atoms with Gasteiger partial charge in [-0.2, -0.15) is 0 Å². The Hall–Kier alpha value is -2.03. The van der Waals surface area contributed by atoms with E-state index in [1.165, 1.54) is 0 Å². The normalized spacial score (nSPS) is 18.3. The van der Waals surface area contributed by atoms with Crippen LogP contribution in [0.2, 0.25) is 0 Å². The summed E-state index contributed by atoms with van der Waals surface area (Å²) in [5.74, 6) is 0.331. The summed E-state index contributed by atoms with van der Waals surface area (Å²) in [7, 11) is 0. The van der Waals surface area contributed by atoms with E-state index in [9.17, 15) is 9.90 Å². The summed E-state index contributed by atoms with van der Waals surface area (Å²) in [4.78, 5) is 14.6. The third kappa shape index (κ3) is 1.84. The number of rotatable bonds is 1. The van der Waals surface area contributed by atoms with E-state index < -0.39 is 0 Å². The van der Waals surface area contributed by atoms with Crippen molar-refractivity contribution >= 4 is 11.6 Å². The van der Waals surface area contributed by atoms with Crippen LogP contribution < -0.4 is 4.90 Å². The van der Waals surface area contributed by atoms with Crippen molar-refractivity contribution in [2.24, 2.45) is 0 Å². The van der Waals surface area contributed by atoms with E-state index in [1.807, 2.05) is 27.7 Å². The molecule has 2 aliphatic rings. The summed E-state index contributed by atoms with van der Waals surface area (Å²) in [6, 6.07) is 0. The van der Waals surface area contributed by atoms with E-state index in [0.29, 0.717) is 0 Å². The van der Waals surface area contributed by atoms with Crippen LogP contribution in [-0.4, -0.2) is 11.0 Å². The zero-order chi connectivity index (χ0) is 16.2. The number of benzene rings is 1. The van der Waals surface area contributed by atoms with E-state index >= 15 is 0 Å². The zero-order valence-electron chi connectivity index (χ0n) is 13.8. The Morgan fingerprint density at radius 1 is 0.909 bits per heavy atom. The van der Waals surface area contributed by atoms with Crippen molar-refractivity contribution in [2.75, 3.05) is 4.90 Å². The van der Waals surface area contributed by atoms with Crippen molar-refractivity contribution in [2.45, 2.75) is 53.4 Å². The summed E-state index contributed by atoms with van der Waals surface area (Å²) in [6.07, 6.45) is 3.97. The highest BCUT2D eigenvalue weighted by molar-refractivity contribution is 6.14. The van der Waals surface area contributed by atoms with Gasteiger partial charge < -0.3 is 5.11 Å². The second-order valence-electron chi connectivity index (χ2n) is 6.45. The van der Waals surface area contributed by atoms with Crippen LogP contribution in [0.3, 0.4) is 0 Å². The van der Waals surface area contributed by atoms with Crippen LogP contribution in [-0.2, 0) is 4.79 Å². The molecule has 0 radical (unpaired) electrons. The summed E-state index contributed by atoms with van der Waals surface area (Å²) in [5, 5.41) is 10.4. The van der Waals surface area contributed by atoms with Crippen LogP contribution in [0.4, 0.5) is 5.69 Å². The van der Waals surface area contributed by atoms with Gasteiger partial charge in [0.2, 0.25) is 0 Å². The minimum atomic E-state index is 0.0496. The summed E-state index contributed by atoms with van der Waals surface area (Å²) >= 11 is 0. The Labute approximate surface area is 132 Å². The molecule has 1 aliphatic heterocycles. The molecule has 22 heavy (non-hydrogen) atoms. The predicted octanol–water partition coefficient (Wildman–Crippen LogP) is 4.36. The Morgan fingerprint density at radius 3 is 2.09 bits per heavy atom. The van der Waals surface area contributed by atoms with E-state index in [-0.39, 0.29) is 11.7 Å². The molecule has 0 fully saturated rings. The highest BCUT2D eigenvalue weighted by Gasteiger charge is 2.37. The fourth-order valence-corrected chi connectivity index (χ4v) is 3.74. The minimum Gasteiger partial charge on any atom is -0.507 e. The monoisotopic (exact) mass is 297 g/mol. The lowest BCUT2D eigenvalue weighted by atomic mass is 9.93. The smallest absolute Gasteiger partial charge is 0.259 e. The molecule has 1 aromatic carbocycles. The third-order valence-corrected chi connectivity index (χ3v) is 5.32. The zero-order valence-corrected chi connectivity index (χ0v) is 13.8. The van der Waals surface area contributed by atoms with Gasteiger partial charge in [-0.15, -0.1) is 0 Å². The Morgan fingerprint density at radius 2 is 1.50 bits per heavy atom. The second-order valence-corrected chi connectivity index (χ2v) is 6.45. The number of anilines is 1. The first-order chi connectivity index (χ1) is 10.4. The lowest BCUT2D eigenvalue weighted by Gasteiger charge is -2.26. The Bertz CT molecular complexity index is 683. The van der Waals surface area contributed by atoms with Gasteiger partial charge in [0.05, 0.1) is 5.69 Å². The summed E-state index contributed by atoms with van der Waals surface area (Å²) in [5.41, 5.74) is 7.37. The van der Waals surface area contributed by atoms with Crippen molar-refractivity contribution in [3.05, 3.63) is 45.7 Å². The molecular formula is C19H23NO2. The standard InChI is InChI=1S/C19H23NO2/c1-10-11(2)17(13(4)18(21)12(10)3)20-14(5)15-8-6-7-9-16(15)19(20)22/h21H,5-9H2,1-4H3. The van der Waals surface area contributed by atoms with Gasteiger partial charge in [-0.3, -0.25) is 9.69 Å². The van der Waals surface area contributed by atoms with E-state index in [2.05, 4.69) is 6.58 Å². The quantitative estimate of drug-likeness (QED) is 0.837. The molecule has 1 aromatic rings. The van der Waals surface area contributed by atoms with Crippen LogP contribution in [0.25, 0.3) is 0 Å². The molecule has 0 unspecified atom stereocenters. The lowest BCUT2D eigenvalue weighted by molar-refractivity contribution is -0.114. The first-order valence-corrected chi connectivity index (χ1v) is 7.91. The maximum atomic E-state index is 12.9. The molecule has 1 heterocycles. The maximum Gasteiger partial charge on any atom is 0.259 e. The molecule has 0 saturated carbocycles. The third-order valence-electron chi connectivity index (χ3n) is 5.32. The topological polar surface area (TPSA) is 40.5 Å². The van der Waals surface area contributed by atoms with Gasteiger partial charge in [0, 0.05) is 16.8 Å². The van der Waals surface area contributed by atoms with Crippen molar-refractivity contribution < 1.29 is 9.90 Å². The van der Waals surface area contributed by atoms with Gasteiger partial charge >= 0.3 is 0 Å². The number of nitrogens with zero attached hydrogens (tertiary/aromatic N) is 1. The molecule has 1 aliphatic carbocycles. The largest absolute Gasteiger partial charge is 0.507 e. The molecule has 0 spiro atoms. The highest BCUT2D eigenvalue weighted by atomic mass is 16.3. The van der Waals surface area contributed by atoms with Gasteiger partial charge in [0.1, 0.15) is 5.75 Å². The number of amides is 1. The Kier molecular flexibility index (Phi) is 3.39. The number of hydrogen-bond acceptors (Lipinski definition) is 2. The number of hydrogen-bond donors (Lipinski definition) is 1. The van der Waals surface area contributed by atoms with Crippen molar-refractivity contribution in [1.29, 1.82) is 0 Å². The average molecular weight is 297 g/mol. The number of allylic oxidation sites excluding steroid dienone is 1. The van der Waals surface area contributed by atoms with Gasteiger partial charge in [-0.25, -0.2) is 0 Å². The second kappa shape index (κ2) is 5.01. The maximum absolute atomic E-state index is 12.9. The van der Waals surface area contributed by atoms with Crippen LogP contribution in [0.1, 0.15) is 47.9 Å². The summed E-state index contributed by atoms with van der Waals surface area (Å²) in [6.45, 7) is 12.0.